The Morgan fingerprint density at radius 3 is 2.27 bits per heavy atom. The Bertz CT molecular complexity index is 580. The number of anilines is 1. The second-order valence-corrected chi connectivity index (χ2v) is 3.96. The summed E-state index contributed by atoms with van der Waals surface area (Å²) >= 11 is 0. The van der Waals surface area contributed by atoms with Gasteiger partial charge in [0, 0.05) is 17.8 Å². The molecular formula is C14H16N2O6. The molecule has 0 atom stereocenters. The SMILES string of the molecule is CCOC(=O)/C=C(\Nc1ccc([N+](=O)[O-])cc1)C(=O)OCC. The van der Waals surface area contributed by atoms with Gasteiger partial charge in [0.25, 0.3) is 5.69 Å². The molecule has 0 spiro atoms. The standard InChI is InChI=1S/C14H16N2O6/c1-3-21-13(17)9-12(14(18)22-4-2)15-10-5-7-11(8-6-10)16(19)20/h5-9,15H,3-4H2,1-2H3/b12-9-. The Kier molecular flexibility index (Phi) is 6.55. The quantitative estimate of drug-likeness (QED) is 0.355. The average Bonchev–Trinajstić information content (AvgIpc) is 2.47. The van der Waals surface area contributed by atoms with E-state index in [2.05, 4.69) is 5.32 Å². The van der Waals surface area contributed by atoms with Gasteiger partial charge in [0.05, 0.1) is 24.2 Å². The minimum Gasteiger partial charge on any atom is -0.463 e. The molecule has 0 aliphatic heterocycles. The minimum atomic E-state index is -0.728. The van der Waals surface area contributed by atoms with Crippen molar-refractivity contribution in [1.82, 2.24) is 0 Å². The van der Waals surface area contributed by atoms with Gasteiger partial charge in [0.15, 0.2) is 0 Å². The highest BCUT2D eigenvalue weighted by molar-refractivity contribution is 5.98. The van der Waals surface area contributed by atoms with Gasteiger partial charge in [-0.3, -0.25) is 10.1 Å². The first-order valence-electron chi connectivity index (χ1n) is 6.55. The van der Waals surface area contributed by atoms with E-state index >= 15 is 0 Å². The van der Waals surface area contributed by atoms with Crippen molar-refractivity contribution in [2.75, 3.05) is 18.5 Å². The van der Waals surface area contributed by atoms with Gasteiger partial charge in [0.1, 0.15) is 5.70 Å². The largest absolute Gasteiger partial charge is 0.463 e. The van der Waals surface area contributed by atoms with Crippen LogP contribution in [-0.4, -0.2) is 30.1 Å². The Balaban J connectivity index is 2.94. The first kappa shape index (κ1) is 17.2. The number of nitrogens with zero attached hydrogens (tertiary/aromatic N) is 1. The number of nitro benzene ring substituents is 1. The molecule has 1 aromatic rings. The molecule has 0 aliphatic carbocycles. The van der Waals surface area contributed by atoms with Crippen LogP contribution in [0.15, 0.2) is 36.0 Å². The molecule has 1 aromatic carbocycles. The van der Waals surface area contributed by atoms with Crippen LogP contribution >= 0.6 is 0 Å². The van der Waals surface area contributed by atoms with Crippen LogP contribution in [0.1, 0.15) is 13.8 Å². The van der Waals surface area contributed by atoms with Crippen molar-refractivity contribution in [2.45, 2.75) is 13.8 Å². The molecule has 0 aliphatic rings. The molecule has 8 nitrogen and oxygen atoms in total. The van der Waals surface area contributed by atoms with Crippen molar-refractivity contribution in [2.24, 2.45) is 0 Å². The molecule has 0 fully saturated rings. The Labute approximate surface area is 126 Å². The molecule has 0 radical (unpaired) electrons. The van der Waals surface area contributed by atoms with Crippen molar-refractivity contribution in [1.29, 1.82) is 0 Å². The molecule has 0 amide bonds. The molecule has 0 unspecified atom stereocenters. The first-order chi connectivity index (χ1) is 10.5. The van der Waals surface area contributed by atoms with Gasteiger partial charge in [-0.2, -0.15) is 0 Å². The number of nitro groups is 1. The predicted molar refractivity (Wildman–Crippen MR) is 78.1 cm³/mol. The number of esters is 2. The summed E-state index contributed by atoms with van der Waals surface area (Å²) in [6.07, 6.45) is 0.975. The van der Waals surface area contributed by atoms with E-state index in [0.717, 1.165) is 6.08 Å². The van der Waals surface area contributed by atoms with E-state index in [1.165, 1.54) is 24.3 Å². The number of ether oxygens (including phenoxy) is 2. The zero-order valence-electron chi connectivity index (χ0n) is 12.2. The van der Waals surface area contributed by atoms with Crippen molar-refractivity contribution in [3.05, 3.63) is 46.2 Å². The molecule has 0 heterocycles. The highest BCUT2D eigenvalue weighted by Crippen LogP contribution is 2.17. The summed E-state index contributed by atoms with van der Waals surface area (Å²) in [5.41, 5.74) is 0.195. The van der Waals surface area contributed by atoms with Crippen LogP contribution in [0.2, 0.25) is 0 Å². The van der Waals surface area contributed by atoms with Gasteiger partial charge in [-0.05, 0) is 26.0 Å². The second-order valence-electron chi connectivity index (χ2n) is 3.96. The molecule has 22 heavy (non-hydrogen) atoms. The summed E-state index contributed by atoms with van der Waals surface area (Å²) in [6, 6.07) is 5.37. The fourth-order valence-corrected chi connectivity index (χ4v) is 1.48. The third kappa shape index (κ3) is 5.23. The molecule has 0 aromatic heterocycles. The van der Waals surface area contributed by atoms with E-state index < -0.39 is 16.9 Å². The molecule has 1 N–H and O–H groups in total. The molecule has 0 saturated heterocycles. The molecule has 8 heteroatoms. The molecule has 0 bridgehead atoms. The number of carbonyl (C=O) groups is 2. The van der Waals surface area contributed by atoms with Crippen LogP contribution in [-0.2, 0) is 19.1 Å². The molecule has 1 rings (SSSR count). The number of non-ortho nitro benzene ring substituents is 1. The maximum absolute atomic E-state index is 11.8. The third-order valence-corrected chi connectivity index (χ3v) is 2.40. The van der Waals surface area contributed by atoms with Gasteiger partial charge in [-0.25, -0.2) is 9.59 Å². The van der Waals surface area contributed by atoms with Crippen LogP contribution in [0.25, 0.3) is 0 Å². The normalized spacial score (nSPS) is 10.7. The topological polar surface area (TPSA) is 108 Å². The maximum Gasteiger partial charge on any atom is 0.355 e. The minimum absolute atomic E-state index is 0.0855. The summed E-state index contributed by atoms with van der Waals surface area (Å²) in [6.45, 7) is 3.58. The molecular weight excluding hydrogens is 292 g/mol. The van der Waals surface area contributed by atoms with Crippen LogP contribution in [0.5, 0.6) is 0 Å². The van der Waals surface area contributed by atoms with Gasteiger partial charge in [-0.1, -0.05) is 0 Å². The van der Waals surface area contributed by atoms with Crippen molar-refractivity contribution in [3.63, 3.8) is 0 Å². The lowest BCUT2D eigenvalue weighted by Gasteiger charge is -2.10. The third-order valence-electron chi connectivity index (χ3n) is 2.40. The van der Waals surface area contributed by atoms with Crippen LogP contribution < -0.4 is 5.32 Å². The summed E-state index contributed by atoms with van der Waals surface area (Å²) in [5, 5.41) is 13.3. The van der Waals surface area contributed by atoms with Crippen molar-refractivity contribution >= 4 is 23.3 Å². The van der Waals surface area contributed by atoms with E-state index in [0.29, 0.717) is 5.69 Å². The van der Waals surface area contributed by atoms with Gasteiger partial charge < -0.3 is 14.8 Å². The summed E-state index contributed by atoms with van der Waals surface area (Å²) < 4.78 is 9.57. The lowest BCUT2D eigenvalue weighted by Crippen LogP contribution is -2.17. The van der Waals surface area contributed by atoms with E-state index in [4.69, 9.17) is 9.47 Å². The number of carbonyl (C=O) groups excluding carboxylic acids is 2. The van der Waals surface area contributed by atoms with Gasteiger partial charge in [0.2, 0.25) is 0 Å². The highest BCUT2D eigenvalue weighted by Gasteiger charge is 2.14. The summed E-state index contributed by atoms with van der Waals surface area (Å²) in [4.78, 5) is 33.3. The maximum atomic E-state index is 11.8. The van der Waals surface area contributed by atoms with Crippen molar-refractivity contribution in [3.8, 4) is 0 Å². The van der Waals surface area contributed by atoms with E-state index in [1.54, 1.807) is 13.8 Å². The molecule has 118 valence electrons. The number of benzene rings is 1. The number of hydrogen-bond acceptors (Lipinski definition) is 7. The number of nitrogens with one attached hydrogen (secondary N) is 1. The number of hydrogen-bond donors (Lipinski definition) is 1. The zero-order chi connectivity index (χ0) is 16.5. The predicted octanol–water partition coefficient (Wildman–Crippen LogP) is 2.02. The summed E-state index contributed by atoms with van der Waals surface area (Å²) in [5.74, 6) is -1.42. The smallest absolute Gasteiger partial charge is 0.355 e. The Morgan fingerprint density at radius 1 is 1.18 bits per heavy atom. The highest BCUT2D eigenvalue weighted by atomic mass is 16.6. The monoisotopic (exact) mass is 308 g/mol. The lowest BCUT2D eigenvalue weighted by atomic mass is 10.2. The first-order valence-corrected chi connectivity index (χ1v) is 6.55. The molecule has 0 saturated carbocycles. The van der Waals surface area contributed by atoms with Gasteiger partial charge >= 0.3 is 11.9 Å². The Hall–Kier alpha value is -2.90. The average molecular weight is 308 g/mol. The number of rotatable bonds is 7. The van der Waals surface area contributed by atoms with Crippen LogP contribution in [0.3, 0.4) is 0 Å². The van der Waals surface area contributed by atoms with Crippen molar-refractivity contribution < 1.29 is 24.0 Å². The second kappa shape index (κ2) is 8.40. The fourth-order valence-electron chi connectivity index (χ4n) is 1.48. The fraction of sp³-hybridized carbons (Fsp3) is 0.286. The van der Waals surface area contributed by atoms with E-state index in [-0.39, 0.29) is 24.6 Å². The van der Waals surface area contributed by atoms with E-state index in [9.17, 15) is 19.7 Å². The summed E-state index contributed by atoms with van der Waals surface area (Å²) in [7, 11) is 0. The zero-order valence-corrected chi connectivity index (χ0v) is 12.2. The van der Waals surface area contributed by atoms with Crippen LogP contribution in [0.4, 0.5) is 11.4 Å². The lowest BCUT2D eigenvalue weighted by molar-refractivity contribution is -0.384. The van der Waals surface area contributed by atoms with Gasteiger partial charge in [-0.15, -0.1) is 0 Å². The van der Waals surface area contributed by atoms with E-state index in [1.807, 2.05) is 0 Å². The Morgan fingerprint density at radius 2 is 1.77 bits per heavy atom. The van der Waals surface area contributed by atoms with Crippen LogP contribution in [0, 0.1) is 10.1 Å².